The van der Waals surface area contributed by atoms with E-state index in [1.165, 1.54) is 10.9 Å². The highest BCUT2D eigenvalue weighted by Gasteiger charge is 2.32. The first kappa shape index (κ1) is 14.3. The molecule has 1 aromatic carbocycles. The zero-order valence-electron chi connectivity index (χ0n) is 11.9. The minimum Gasteiger partial charge on any atom is -0.383 e. The van der Waals surface area contributed by atoms with Gasteiger partial charge in [0, 0.05) is 10.4 Å². The number of hydrogen-bond donors (Lipinski definition) is 2. The van der Waals surface area contributed by atoms with E-state index in [9.17, 15) is 13.2 Å². The van der Waals surface area contributed by atoms with Crippen LogP contribution in [0.1, 0.15) is 28.0 Å². The first-order valence-electron chi connectivity index (χ1n) is 7.08. The molecule has 3 N–H and O–H groups in total. The monoisotopic (exact) mass is 335 g/mol. The SMILES string of the molecule is NC1=Nc2cc(C(F)(F)F)ccc2Nc2sc3c(c21)C=CCC3. The van der Waals surface area contributed by atoms with Gasteiger partial charge in [0.15, 0.2) is 0 Å². The minimum atomic E-state index is -4.40. The lowest BCUT2D eigenvalue weighted by atomic mass is 10.0. The van der Waals surface area contributed by atoms with Crippen LogP contribution in [-0.2, 0) is 12.6 Å². The van der Waals surface area contributed by atoms with E-state index in [0.29, 0.717) is 5.69 Å². The molecule has 7 heteroatoms. The predicted octanol–water partition coefficient (Wildman–Crippen LogP) is 4.82. The molecule has 2 heterocycles. The number of nitrogens with one attached hydrogen (secondary N) is 1. The number of halogens is 3. The van der Waals surface area contributed by atoms with Crippen molar-refractivity contribution in [1.82, 2.24) is 0 Å². The number of anilines is 2. The molecule has 0 amide bonds. The molecule has 118 valence electrons. The maximum Gasteiger partial charge on any atom is 0.416 e. The quantitative estimate of drug-likeness (QED) is 0.725. The van der Waals surface area contributed by atoms with Gasteiger partial charge in [-0.05, 0) is 31.0 Å². The second-order valence-corrected chi connectivity index (χ2v) is 6.54. The highest BCUT2D eigenvalue weighted by molar-refractivity contribution is 7.17. The Kier molecular flexibility index (Phi) is 3.02. The number of hydrogen-bond acceptors (Lipinski definition) is 4. The molecule has 2 aromatic rings. The fourth-order valence-electron chi connectivity index (χ4n) is 2.83. The summed E-state index contributed by atoms with van der Waals surface area (Å²) in [5.74, 6) is 0.245. The molecule has 0 spiro atoms. The van der Waals surface area contributed by atoms with Crippen molar-refractivity contribution in [2.45, 2.75) is 19.0 Å². The van der Waals surface area contributed by atoms with Gasteiger partial charge in [-0.15, -0.1) is 11.3 Å². The molecule has 4 rings (SSSR count). The Morgan fingerprint density at radius 2 is 2.09 bits per heavy atom. The van der Waals surface area contributed by atoms with Crippen LogP contribution in [0.5, 0.6) is 0 Å². The minimum absolute atomic E-state index is 0.203. The third kappa shape index (κ3) is 2.31. The molecule has 0 unspecified atom stereocenters. The lowest BCUT2D eigenvalue weighted by Crippen LogP contribution is -2.14. The van der Waals surface area contributed by atoms with E-state index in [-0.39, 0.29) is 11.5 Å². The molecule has 23 heavy (non-hydrogen) atoms. The number of benzene rings is 1. The Morgan fingerprint density at radius 1 is 1.26 bits per heavy atom. The van der Waals surface area contributed by atoms with Crippen LogP contribution in [0.2, 0.25) is 0 Å². The summed E-state index contributed by atoms with van der Waals surface area (Å²) in [6, 6.07) is 3.47. The van der Waals surface area contributed by atoms with E-state index >= 15 is 0 Å². The van der Waals surface area contributed by atoms with Gasteiger partial charge in [-0.1, -0.05) is 12.2 Å². The molecule has 0 fully saturated rings. The molecule has 1 aliphatic carbocycles. The molecule has 0 radical (unpaired) electrons. The Morgan fingerprint density at radius 3 is 2.87 bits per heavy atom. The summed E-state index contributed by atoms with van der Waals surface area (Å²) in [4.78, 5) is 5.46. The first-order valence-corrected chi connectivity index (χ1v) is 7.90. The maximum absolute atomic E-state index is 12.9. The molecule has 1 aromatic heterocycles. The Hall–Kier alpha value is -2.28. The number of nitrogens with two attached hydrogens (primary N) is 1. The summed E-state index contributed by atoms with van der Waals surface area (Å²) in [6.07, 6.45) is 1.60. The van der Waals surface area contributed by atoms with Crippen molar-refractivity contribution in [2.24, 2.45) is 10.7 Å². The van der Waals surface area contributed by atoms with Crippen LogP contribution in [-0.4, -0.2) is 5.84 Å². The lowest BCUT2D eigenvalue weighted by molar-refractivity contribution is -0.137. The zero-order valence-corrected chi connectivity index (χ0v) is 12.7. The molecule has 0 bridgehead atoms. The number of alkyl halides is 3. The fourth-order valence-corrected chi connectivity index (χ4v) is 4.05. The van der Waals surface area contributed by atoms with Gasteiger partial charge in [0.1, 0.15) is 10.8 Å². The molecule has 0 atom stereocenters. The van der Waals surface area contributed by atoms with Crippen molar-refractivity contribution in [3.05, 3.63) is 45.8 Å². The third-order valence-electron chi connectivity index (χ3n) is 3.91. The summed E-state index contributed by atoms with van der Waals surface area (Å²) < 4.78 is 38.6. The second kappa shape index (κ2) is 4.86. The molecule has 2 aliphatic rings. The number of thiophene rings is 1. The van der Waals surface area contributed by atoms with Gasteiger partial charge in [-0.2, -0.15) is 13.2 Å². The number of aliphatic imine (C=N–C) groups is 1. The van der Waals surface area contributed by atoms with Crippen LogP contribution < -0.4 is 11.1 Å². The number of amidine groups is 1. The molecule has 0 saturated heterocycles. The van der Waals surface area contributed by atoms with Crippen molar-refractivity contribution in [2.75, 3.05) is 5.32 Å². The van der Waals surface area contributed by atoms with Crippen molar-refractivity contribution in [3.63, 3.8) is 0 Å². The largest absolute Gasteiger partial charge is 0.416 e. The topological polar surface area (TPSA) is 50.4 Å². The Bertz CT molecular complexity index is 862. The normalized spacial score (nSPS) is 15.9. The molecular weight excluding hydrogens is 323 g/mol. The van der Waals surface area contributed by atoms with Crippen molar-refractivity contribution >= 4 is 39.6 Å². The highest BCUT2D eigenvalue weighted by Crippen LogP contribution is 2.44. The average molecular weight is 335 g/mol. The number of allylic oxidation sites excluding steroid dienone is 1. The van der Waals surface area contributed by atoms with Gasteiger partial charge < -0.3 is 11.1 Å². The molecule has 3 nitrogen and oxygen atoms in total. The Balaban J connectivity index is 1.87. The van der Waals surface area contributed by atoms with Crippen molar-refractivity contribution in [1.29, 1.82) is 0 Å². The van der Waals surface area contributed by atoms with Crippen molar-refractivity contribution < 1.29 is 13.2 Å². The van der Waals surface area contributed by atoms with Gasteiger partial charge in [0.25, 0.3) is 0 Å². The number of nitrogens with zero attached hydrogens (tertiary/aromatic N) is 1. The van der Waals surface area contributed by atoms with E-state index in [0.717, 1.165) is 41.1 Å². The number of fused-ring (bicyclic) bond motifs is 4. The van der Waals surface area contributed by atoms with Gasteiger partial charge >= 0.3 is 6.18 Å². The number of aryl methyl sites for hydroxylation is 1. The van der Waals surface area contributed by atoms with Gasteiger partial charge in [0.2, 0.25) is 0 Å². The zero-order chi connectivity index (χ0) is 16.2. The predicted molar refractivity (Wildman–Crippen MR) is 86.8 cm³/mol. The van der Waals surface area contributed by atoms with Crippen molar-refractivity contribution in [3.8, 4) is 0 Å². The summed E-state index contributed by atoms with van der Waals surface area (Å²) in [7, 11) is 0. The summed E-state index contributed by atoms with van der Waals surface area (Å²) >= 11 is 1.58. The molecule has 0 saturated carbocycles. The van der Waals surface area contributed by atoms with Gasteiger partial charge in [-0.25, -0.2) is 4.99 Å². The third-order valence-corrected chi connectivity index (χ3v) is 5.10. The highest BCUT2D eigenvalue weighted by atomic mass is 32.1. The second-order valence-electron chi connectivity index (χ2n) is 5.44. The number of rotatable bonds is 0. The van der Waals surface area contributed by atoms with E-state index in [2.05, 4.69) is 16.4 Å². The van der Waals surface area contributed by atoms with E-state index in [1.54, 1.807) is 11.3 Å². The van der Waals surface area contributed by atoms with Crippen LogP contribution in [0.3, 0.4) is 0 Å². The maximum atomic E-state index is 12.9. The first-order chi connectivity index (χ1) is 10.9. The van der Waals surface area contributed by atoms with E-state index in [4.69, 9.17) is 5.73 Å². The van der Waals surface area contributed by atoms with Crippen LogP contribution in [0.4, 0.5) is 29.5 Å². The van der Waals surface area contributed by atoms with E-state index in [1.807, 2.05) is 6.08 Å². The molecular formula is C16H12F3N3S. The summed E-state index contributed by atoms with van der Waals surface area (Å²) in [6.45, 7) is 0. The van der Waals surface area contributed by atoms with Gasteiger partial charge in [-0.3, -0.25) is 0 Å². The van der Waals surface area contributed by atoms with Gasteiger partial charge in [0.05, 0.1) is 22.5 Å². The fraction of sp³-hybridized carbons (Fsp3) is 0.188. The average Bonchev–Trinajstić information content (AvgIpc) is 2.79. The standard InChI is InChI=1S/C16H12F3N3S/c17-16(18,19)8-5-6-10-11(7-8)21-14(20)13-9-3-1-2-4-12(9)23-15(13)22-10/h1,3,5-7,22H,2,4H2,(H2,20,21). The van der Waals surface area contributed by atoms with Crippen LogP contribution in [0, 0.1) is 0 Å². The van der Waals surface area contributed by atoms with Crippen LogP contribution in [0.25, 0.3) is 6.08 Å². The summed E-state index contributed by atoms with van der Waals surface area (Å²) in [5.41, 5.74) is 7.89. The van der Waals surface area contributed by atoms with Crippen LogP contribution >= 0.6 is 11.3 Å². The summed E-state index contributed by atoms with van der Waals surface area (Å²) in [5, 5.41) is 4.03. The van der Waals surface area contributed by atoms with Crippen LogP contribution in [0.15, 0.2) is 29.3 Å². The smallest absolute Gasteiger partial charge is 0.383 e. The lowest BCUT2D eigenvalue weighted by Gasteiger charge is -2.10. The van der Waals surface area contributed by atoms with E-state index < -0.39 is 11.7 Å². The Labute approximate surface area is 134 Å². The molecule has 1 aliphatic heterocycles.